The molecule has 8 rings (SSSR count). The quantitative estimate of drug-likeness (QED) is 0.198. The van der Waals surface area contributed by atoms with Crippen molar-refractivity contribution >= 4 is 32.3 Å². The fourth-order valence-electron chi connectivity index (χ4n) is 6.53. The van der Waals surface area contributed by atoms with Crippen LogP contribution in [0.15, 0.2) is 170 Å². The predicted octanol–water partition coefficient (Wildman–Crippen LogP) is 11.8. The molecule has 0 atom stereocenters. The van der Waals surface area contributed by atoms with Crippen LogP contribution in [0.3, 0.4) is 0 Å². The van der Waals surface area contributed by atoms with Gasteiger partial charge < -0.3 is 0 Å². The van der Waals surface area contributed by atoms with Crippen LogP contribution in [0.1, 0.15) is 0 Å². The molecule has 0 aliphatic heterocycles. The second-order valence-corrected chi connectivity index (χ2v) is 10.9. The van der Waals surface area contributed by atoms with Crippen molar-refractivity contribution in [2.24, 2.45) is 0 Å². The Kier molecular flexibility index (Phi) is 5.90. The van der Waals surface area contributed by atoms with E-state index in [4.69, 9.17) is 0 Å². The molecule has 0 aromatic heterocycles. The number of hydrogen-bond donors (Lipinski definition) is 0. The molecule has 0 N–H and O–H groups in total. The molecule has 0 aliphatic rings. The normalized spacial score (nSPS) is 11.3. The SMILES string of the molecule is c1ccc(-c2cccc(-c3cccc4ccc(-c5c6ccccc6c(-c6ccccc6)c6ccccc56)cc34)c2)cc1. The standard InChI is InChI=1S/C42H28/c1-3-13-29(14-4-1)32-18-11-19-33(27-32)35-24-12-17-30-25-26-34(28-40(30)35)42-38-22-9-7-20-36(38)41(31-15-5-2-6-16-31)37-21-8-10-23-39(37)42/h1-28H. The first-order chi connectivity index (χ1) is 20.8. The lowest BCUT2D eigenvalue weighted by Crippen LogP contribution is -1.91. The van der Waals surface area contributed by atoms with Crippen LogP contribution in [0, 0.1) is 0 Å². The summed E-state index contributed by atoms with van der Waals surface area (Å²) in [5, 5.41) is 7.62. The van der Waals surface area contributed by atoms with Gasteiger partial charge in [0.05, 0.1) is 0 Å². The summed E-state index contributed by atoms with van der Waals surface area (Å²) in [6.07, 6.45) is 0. The van der Waals surface area contributed by atoms with Gasteiger partial charge in [0.15, 0.2) is 0 Å². The minimum atomic E-state index is 1.23. The first-order valence-corrected chi connectivity index (χ1v) is 14.5. The van der Waals surface area contributed by atoms with E-state index in [2.05, 4.69) is 170 Å². The molecule has 0 amide bonds. The molecular formula is C42H28. The van der Waals surface area contributed by atoms with Gasteiger partial charge in [0.1, 0.15) is 0 Å². The van der Waals surface area contributed by atoms with Gasteiger partial charge in [-0.2, -0.15) is 0 Å². The van der Waals surface area contributed by atoms with Crippen LogP contribution in [0.5, 0.6) is 0 Å². The highest BCUT2D eigenvalue weighted by Gasteiger charge is 2.17. The smallest absolute Gasteiger partial charge is 0.00261 e. The van der Waals surface area contributed by atoms with Gasteiger partial charge >= 0.3 is 0 Å². The largest absolute Gasteiger partial charge is 0.0622 e. The van der Waals surface area contributed by atoms with Gasteiger partial charge in [0, 0.05) is 0 Å². The predicted molar refractivity (Wildman–Crippen MR) is 181 cm³/mol. The van der Waals surface area contributed by atoms with Crippen LogP contribution in [0.25, 0.3) is 76.8 Å². The minimum absolute atomic E-state index is 1.23. The Morgan fingerprint density at radius 2 is 0.738 bits per heavy atom. The Hall–Kier alpha value is -5.46. The van der Waals surface area contributed by atoms with Crippen molar-refractivity contribution in [3.8, 4) is 44.5 Å². The summed E-state index contributed by atoms with van der Waals surface area (Å²) in [4.78, 5) is 0. The topological polar surface area (TPSA) is 0 Å². The van der Waals surface area contributed by atoms with Crippen LogP contribution >= 0.6 is 0 Å². The van der Waals surface area contributed by atoms with Crippen LogP contribution in [-0.4, -0.2) is 0 Å². The van der Waals surface area contributed by atoms with Gasteiger partial charge in [-0.05, 0) is 89.0 Å². The van der Waals surface area contributed by atoms with Crippen LogP contribution in [-0.2, 0) is 0 Å². The lowest BCUT2D eigenvalue weighted by molar-refractivity contribution is 1.60. The van der Waals surface area contributed by atoms with E-state index in [9.17, 15) is 0 Å². The third kappa shape index (κ3) is 4.08. The fourth-order valence-corrected chi connectivity index (χ4v) is 6.53. The summed E-state index contributed by atoms with van der Waals surface area (Å²) in [6, 6.07) is 61.7. The average molecular weight is 533 g/mol. The van der Waals surface area contributed by atoms with E-state index in [1.165, 1.54) is 76.8 Å². The number of hydrogen-bond acceptors (Lipinski definition) is 0. The lowest BCUT2D eigenvalue weighted by atomic mass is 9.85. The van der Waals surface area contributed by atoms with Crippen molar-refractivity contribution in [2.45, 2.75) is 0 Å². The third-order valence-corrected chi connectivity index (χ3v) is 8.45. The van der Waals surface area contributed by atoms with Crippen molar-refractivity contribution < 1.29 is 0 Å². The van der Waals surface area contributed by atoms with E-state index < -0.39 is 0 Å². The molecule has 0 fully saturated rings. The maximum atomic E-state index is 2.40. The average Bonchev–Trinajstić information content (AvgIpc) is 3.07. The van der Waals surface area contributed by atoms with Crippen molar-refractivity contribution in [3.05, 3.63) is 170 Å². The highest BCUT2D eigenvalue weighted by atomic mass is 14.2. The molecule has 196 valence electrons. The summed E-state index contributed by atoms with van der Waals surface area (Å²) in [7, 11) is 0. The van der Waals surface area contributed by atoms with Crippen molar-refractivity contribution in [1.82, 2.24) is 0 Å². The zero-order chi connectivity index (χ0) is 27.9. The van der Waals surface area contributed by atoms with Gasteiger partial charge in [-0.15, -0.1) is 0 Å². The number of fused-ring (bicyclic) bond motifs is 3. The Balaban J connectivity index is 1.39. The molecule has 8 aromatic rings. The van der Waals surface area contributed by atoms with E-state index in [0.717, 1.165) is 0 Å². The molecule has 0 unspecified atom stereocenters. The number of benzene rings is 8. The summed E-state index contributed by atoms with van der Waals surface area (Å²) < 4.78 is 0. The Labute approximate surface area is 246 Å². The van der Waals surface area contributed by atoms with Gasteiger partial charge in [-0.1, -0.05) is 158 Å². The molecule has 42 heavy (non-hydrogen) atoms. The second-order valence-electron chi connectivity index (χ2n) is 10.9. The molecule has 0 saturated heterocycles. The summed E-state index contributed by atoms with van der Waals surface area (Å²) in [5.41, 5.74) is 10.0. The maximum Gasteiger partial charge on any atom is -0.00261 e. The summed E-state index contributed by atoms with van der Waals surface area (Å²) >= 11 is 0. The highest BCUT2D eigenvalue weighted by molar-refractivity contribution is 6.21. The van der Waals surface area contributed by atoms with E-state index in [-0.39, 0.29) is 0 Å². The Morgan fingerprint density at radius 1 is 0.238 bits per heavy atom. The zero-order valence-corrected chi connectivity index (χ0v) is 23.2. The molecule has 0 bridgehead atoms. The molecule has 0 aliphatic carbocycles. The molecule has 0 heteroatoms. The summed E-state index contributed by atoms with van der Waals surface area (Å²) in [5.74, 6) is 0. The fraction of sp³-hybridized carbons (Fsp3) is 0. The molecule has 0 radical (unpaired) electrons. The van der Waals surface area contributed by atoms with E-state index in [0.29, 0.717) is 0 Å². The highest BCUT2D eigenvalue weighted by Crippen LogP contribution is 2.44. The molecule has 0 heterocycles. The van der Waals surface area contributed by atoms with E-state index >= 15 is 0 Å². The first-order valence-electron chi connectivity index (χ1n) is 14.5. The van der Waals surface area contributed by atoms with Crippen molar-refractivity contribution in [3.63, 3.8) is 0 Å². The molecule has 0 saturated carbocycles. The molecule has 0 spiro atoms. The molecular weight excluding hydrogens is 504 g/mol. The maximum absolute atomic E-state index is 2.40. The zero-order valence-electron chi connectivity index (χ0n) is 23.2. The first kappa shape index (κ1) is 24.3. The second kappa shape index (κ2) is 10.2. The molecule has 0 nitrogen and oxygen atoms in total. The lowest BCUT2D eigenvalue weighted by Gasteiger charge is -2.18. The Bertz CT molecular complexity index is 2170. The van der Waals surface area contributed by atoms with Crippen molar-refractivity contribution in [2.75, 3.05) is 0 Å². The van der Waals surface area contributed by atoms with Gasteiger partial charge in [-0.25, -0.2) is 0 Å². The van der Waals surface area contributed by atoms with E-state index in [1.807, 2.05) is 0 Å². The van der Waals surface area contributed by atoms with E-state index in [1.54, 1.807) is 0 Å². The van der Waals surface area contributed by atoms with Gasteiger partial charge in [0.25, 0.3) is 0 Å². The van der Waals surface area contributed by atoms with Gasteiger partial charge in [0.2, 0.25) is 0 Å². The Morgan fingerprint density at radius 3 is 1.38 bits per heavy atom. The summed E-state index contributed by atoms with van der Waals surface area (Å²) in [6.45, 7) is 0. The van der Waals surface area contributed by atoms with Crippen LogP contribution < -0.4 is 0 Å². The van der Waals surface area contributed by atoms with Crippen molar-refractivity contribution in [1.29, 1.82) is 0 Å². The molecule has 8 aromatic carbocycles. The third-order valence-electron chi connectivity index (χ3n) is 8.45. The van der Waals surface area contributed by atoms with Crippen LogP contribution in [0.4, 0.5) is 0 Å². The van der Waals surface area contributed by atoms with Crippen LogP contribution in [0.2, 0.25) is 0 Å². The minimum Gasteiger partial charge on any atom is -0.0622 e. The van der Waals surface area contributed by atoms with Gasteiger partial charge in [-0.3, -0.25) is 0 Å². The number of rotatable bonds is 4. The monoisotopic (exact) mass is 532 g/mol.